The number of rotatable bonds is 1. The Kier molecular flexibility index (Phi) is 2.34. The van der Waals surface area contributed by atoms with E-state index >= 15 is 0 Å². The molecule has 0 amide bonds. The van der Waals surface area contributed by atoms with E-state index < -0.39 is 5.56 Å². The molecular weight excluding hydrogens is 249 g/mol. The first-order chi connectivity index (χ1) is 9.08. The Morgan fingerprint density at radius 1 is 1.26 bits per heavy atom. The third-order valence-corrected chi connectivity index (χ3v) is 2.90. The molecule has 2 heterocycles. The number of halogens is 1. The molecule has 3 aromatic rings. The van der Waals surface area contributed by atoms with Crippen molar-refractivity contribution in [3.63, 3.8) is 0 Å². The Morgan fingerprint density at radius 2 is 1.95 bits per heavy atom. The number of aromatic nitrogens is 4. The Balaban J connectivity index is 2.33. The SMILES string of the molecule is Cn1ncc2nc(-c3ccc(F)cc3)n(N)c(=O)c21. The van der Waals surface area contributed by atoms with Crippen molar-refractivity contribution >= 4 is 11.0 Å². The van der Waals surface area contributed by atoms with Crippen LogP contribution in [-0.2, 0) is 7.05 Å². The Bertz CT molecular complexity index is 818. The average molecular weight is 259 g/mol. The molecule has 1 aromatic carbocycles. The first-order valence-corrected chi connectivity index (χ1v) is 5.53. The highest BCUT2D eigenvalue weighted by Gasteiger charge is 2.13. The molecule has 3 rings (SSSR count). The quantitative estimate of drug-likeness (QED) is 0.651. The lowest BCUT2D eigenvalue weighted by Crippen LogP contribution is -2.30. The molecule has 0 saturated carbocycles. The van der Waals surface area contributed by atoms with Crippen LogP contribution < -0.4 is 11.4 Å². The number of nitrogen functional groups attached to an aromatic ring is 1. The van der Waals surface area contributed by atoms with Crippen molar-refractivity contribution in [2.24, 2.45) is 7.05 Å². The zero-order valence-electron chi connectivity index (χ0n) is 10.0. The maximum atomic E-state index is 12.9. The van der Waals surface area contributed by atoms with E-state index in [0.717, 1.165) is 4.68 Å². The molecule has 0 unspecified atom stereocenters. The van der Waals surface area contributed by atoms with Crippen LogP contribution in [0.4, 0.5) is 4.39 Å². The van der Waals surface area contributed by atoms with Gasteiger partial charge in [-0.3, -0.25) is 9.48 Å². The van der Waals surface area contributed by atoms with Crippen molar-refractivity contribution in [2.45, 2.75) is 0 Å². The number of nitrogens with two attached hydrogens (primary N) is 1. The number of aryl methyl sites for hydroxylation is 1. The number of fused-ring (bicyclic) bond motifs is 1. The third kappa shape index (κ3) is 1.67. The van der Waals surface area contributed by atoms with Gasteiger partial charge in [-0.15, -0.1) is 0 Å². The molecule has 0 spiro atoms. The summed E-state index contributed by atoms with van der Waals surface area (Å²) in [5.41, 5.74) is 0.943. The molecule has 0 fully saturated rings. The fourth-order valence-electron chi connectivity index (χ4n) is 1.94. The van der Waals surface area contributed by atoms with Crippen LogP contribution in [0.2, 0.25) is 0 Å². The van der Waals surface area contributed by atoms with Gasteiger partial charge in [-0.05, 0) is 24.3 Å². The van der Waals surface area contributed by atoms with E-state index in [1.807, 2.05) is 0 Å². The second-order valence-corrected chi connectivity index (χ2v) is 4.12. The molecule has 0 aliphatic carbocycles. The molecular formula is C12H10FN5O. The second kappa shape index (κ2) is 3.91. The number of nitrogens with zero attached hydrogens (tertiary/aromatic N) is 4. The Labute approximate surface area is 106 Å². The van der Waals surface area contributed by atoms with Gasteiger partial charge in [-0.25, -0.2) is 14.1 Å². The van der Waals surface area contributed by atoms with Crippen molar-refractivity contribution < 1.29 is 4.39 Å². The summed E-state index contributed by atoms with van der Waals surface area (Å²) in [6.45, 7) is 0. The summed E-state index contributed by atoms with van der Waals surface area (Å²) >= 11 is 0. The maximum absolute atomic E-state index is 12.9. The molecule has 0 aliphatic heterocycles. The first kappa shape index (κ1) is 11.4. The lowest BCUT2D eigenvalue weighted by atomic mass is 10.2. The van der Waals surface area contributed by atoms with Crippen molar-refractivity contribution in [3.8, 4) is 11.4 Å². The molecule has 0 aliphatic rings. The van der Waals surface area contributed by atoms with Gasteiger partial charge < -0.3 is 5.84 Å². The predicted molar refractivity (Wildman–Crippen MR) is 68.3 cm³/mol. The van der Waals surface area contributed by atoms with Crippen LogP contribution in [0, 0.1) is 5.82 Å². The highest BCUT2D eigenvalue weighted by atomic mass is 19.1. The van der Waals surface area contributed by atoms with Crippen molar-refractivity contribution in [3.05, 3.63) is 46.6 Å². The molecule has 2 aromatic heterocycles. The van der Waals surface area contributed by atoms with Gasteiger partial charge in [0.15, 0.2) is 11.3 Å². The molecule has 0 atom stereocenters. The van der Waals surface area contributed by atoms with Gasteiger partial charge in [0.1, 0.15) is 11.3 Å². The maximum Gasteiger partial charge on any atom is 0.298 e. The van der Waals surface area contributed by atoms with Gasteiger partial charge in [0.25, 0.3) is 5.56 Å². The van der Waals surface area contributed by atoms with Gasteiger partial charge in [0.2, 0.25) is 0 Å². The first-order valence-electron chi connectivity index (χ1n) is 5.53. The topological polar surface area (TPSA) is 78.7 Å². The van der Waals surface area contributed by atoms with Crippen LogP contribution in [0.5, 0.6) is 0 Å². The summed E-state index contributed by atoms with van der Waals surface area (Å²) in [7, 11) is 1.64. The number of hydrogen-bond acceptors (Lipinski definition) is 4. The van der Waals surface area contributed by atoms with Crippen LogP contribution in [0.3, 0.4) is 0 Å². The molecule has 2 N–H and O–H groups in total. The summed E-state index contributed by atoms with van der Waals surface area (Å²) < 4.78 is 15.3. The van der Waals surface area contributed by atoms with E-state index in [4.69, 9.17) is 5.84 Å². The highest BCUT2D eigenvalue weighted by molar-refractivity contribution is 5.75. The second-order valence-electron chi connectivity index (χ2n) is 4.12. The minimum atomic E-state index is -0.399. The summed E-state index contributed by atoms with van der Waals surface area (Å²) in [4.78, 5) is 16.4. The molecule has 0 saturated heterocycles. The van der Waals surface area contributed by atoms with Crippen LogP contribution in [0.25, 0.3) is 22.4 Å². The molecule has 0 bridgehead atoms. The largest absolute Gasteiger partial charge is 0.334 e. The van der Waals surface area contributed by atoms with Crippen molar-refractivity contribution in [2.75, 3.05) is 5.84 Å². The predicted octanol–water partition coefficient (Wildman–Crippen LogP) is 0.650. The van der Waals surface area contributed by atoms with Gasteiger partial charge in [-0.2, -0.15) is 5.10 Å². The lowest BCUT2D eigenvalue weighted by molar-refractivity contribution is 0.628. The molecule has 7 heteroatoms. The molecule has 6 nitrogen and oxygen atoms in total. The summed E-state index contributed by atoms with van der Waals surface area (Å²) in [6, 6.07) is 5.61. The molecule has 0 radical (unpaired) electrons. The monoisotopic (exact) mass is 259 g/mol. The summed E-state index contributed by atoms with van der Waals surface area (Å²) in [5, 5.41) is 3.97. The summed E-state index contributed by atoms with van der Waals surface area (Å²) in [5.74, 6) is 5.66. The normalized spacial score (nSPS) is 11.1. The Hall–Kier alpha value is -2.70. The zero-order chi connectivity index (χ0) is 13.6. The van der Waals surface area contributed by atoms with Crippen molar-refractivity contribution in [1.29, 1.82) is 0 Å². The van der Waals surface area contributed by atoms with Gasteiger partial charge in [0.05, 0.1) is 6.20 Å². The highest BCUT2D eigenvalue weighted by Crippen LogP contribution is 2.17. The Morgan fingerprint density at radius 3 is 2.63 bits per heavy atom. The van der Waals surface area contributed by atoms with Crippen LogP contribution in [0.15, 0.2) is 35.3 Å². The van der Waals surface area contributed by atoms with Crippen LogP contribution in [-0.4, -0.2) is 19.4 Å². The van der Waals surface area contributed by atoms with E-state index in [-0.39, 0.29) is 11.6 Å². The molecule has 19 heavy (non-hydrogen) atoms. The fourth-order valence-corrected chi connectivity index (χ4v) is 1.94. The van der Waals surface area contributed by atoms with Crippen LogP contribution >= 0.6 is 0 Å². The lowest BCUT2D eigenvalue weighted by Gasteiger charge is -2.07. The van der Waals surface area contributed by atoms with E-state index in [0.29, 0.717) is 16.6 Å². The van der Waals surface area contributed by atoms with Gasteiger partial charge in [-0.1, -0.05) is 0 Å². The van der Waals surface area contributed by atoms with Gasteiger partial charge >= 0.3 is 0 Å². The van der Waals surface area contributed by atoms with E-state index in [9.17, 15) is 9.18 Å². The van der Waals surface area contributed by atoms with E-state index in [1.165, 1.54) is 35.1 Å². The van der Waals surface area contributed by atoms with E-state index in [2.05, 4.69) is 10.1 Å². The third-order valence-electron chi connectivity index (χ3n) is 2.90. The van der Waals surface area contributed by atoms with Crippen molar-refractivity contribution in [1.82, 2.24) is 19.4 Å². The number of hydrogen-bond donors (Lipinski definition) is 1. The van der Waals surface area contributed by atoms with Gasteiger partial charge in [0, 0.05) is 12.6 Å². The average Bonchev–Trinajstić information content (AvgIpc) is 2.77. The zero-order valence-corrected chi connectivity index (χ0v) is 10.0. The minimum Gasteiger partial charge on any atom is -0.334 e. The standard InChI is InChI=1S/C12H10FN5O/c1-17-10-9(6-15-17)16-11(18(14)12(10)19)7-2-4-8(13)5-3-7/h2-6H,14H2,1H3. The molecule has 96 valence electrons. The minimum absolute atomic E-state index is 0.269. The van der Waals surface area contributed by atoms with E-state index in [1.54, 1.807) is 7.05 Å². The number of benzene rings is 1. The summed E-state index contributed by atoms with van der Waals surface area (Å²) in [6.07, 6.45) is 1.49. The smallest absolute Gasteiger partial charge is 0.298 e. The van der Waals surface area contributed by atoms with Crippen LogP contribution in [0.1, 0.15) is 0 Å². The fraction of sp³-hybridized carbons (Fsp3) is 0.0833.